The van der Waals surface area contributed by atoms with Crippen LogP contribution in [0.15, 0.2) is 24.3 Å². The molecule has 122 valence electrons. The van der Waals surface area contributed by atoms with Crippen molar-refractivity contribution in [1.29, 1.82) is 0 Å². The van der Waals surface area contributed by atoms with Crippen molar-refractivity contribution in [3.05, 3.63) is 29.8 Å². The highest BCUT2D eigenvalue weighted by molar-refractivity contribution is 5.75. The molecule has 0 saturated carbocycles. The highest BCUT2D eigenvalue weighted by Gasteiger charge is 2.16. The first-order valence-electron chi connectivity index (χ1n) is 8.86. The second-order valence-electron chi connectivity index (χ2n) is 6.31. The summed E-state index contributed by atoms with van der Waals surface area (Å²) in [7, 11) is 0. The third-order valence-electron chi connectivity index (χ3n) is 4.59. The Kier molecular flexibility index (Phi) is 7.44. The highest BCUT2D eigenvalue weighted by Crippen LogP contribution is 2.17. The third kappa shape index (κ3) is 5.45. The van der Waals surface area contributed by atoms with E-state index in [0.717, 1.165) is 38.0 Å². The molecule has 2 rings (SSSR count). The standard InChI is InChI=1S/C19H30N2O/c1-2-3-4-5-6-7-12-20-13-15-21(16-14-20)19-10-8-18(17-22)9-11-19/h8-11,17H,2-7,12-16H2,1H3. The van der Waals surface area contributed by atoms with Crippen LogP contribution >= 0.6 is 0 Å². The van der Waals surface area contributed by atoms with Gasteiger partial charge in [0.2, 0.25) is 0 Å². The zero-order valence-electron chi connectivity index (χ0n) is 14.0. The largest absolute Gasteiger partial charge is 0.369 e. The first-order chi connectivity index (χ1) is 10.8. The Labute approximate surface area is 135 Å². The molecule has 1 saturated heterocycles. The highest BCUT2D eigenvalue weighted by atomic mass is 16.1. The summed E-state index contributed by atoms with van der Waals surface area (Å²) in [6, 6.07) is 7.94. The predicted molar refractivity (Wildman–Crippen MR) is 93.9 cm³/mol. The SMILES string of the molecule is CCCCCCCCN1CCN(c2ccc(C=O)cc2)CC1. The molecule has 1 fully saturated rings. The summed E-state index contributed by atoms with van der Waals surface area (Å²) in [4.78, 5) is 15.7. The minimum atomic E-state index is 0.755. The van der Waals surface area contributed by atoms with E-state index in [1.54, 1.807) is 0 Å². The van der Waals surface area contributed by atoms with Crippen LogP contribution in [0, 0.1) is 0 Å². The Hall–Kier alpha value is -1.35. The lowest BCUT2D eigenvalue weighted by atomic mass is 10.1. The van der Waals surface area contributed by atoms with Gasteiger partial charge in [0.25, 0.3) is 0 Å². The number of piperazine rings is 1. The van der Waals surface area contributed by atoms with Crippen LogP contribution in [0.1, 0.15) is 55.8 Å². The van der Waals surface area contributed by atoms with Crippen LogP contribution in [0.4, 0.5) is 5.69 Å². The average Bonchev–Trinajstić information content (AvgIpc) is 2.59. The number of hydrogen-bond donors (Lipinski definition) is 0. The Morgan fingerprint density at radius 3 is 2.18 bits per heavy atom. The summed E-state index contributed by atoms with van der Waals surface area (Å²) < 4.78 is 0. The van der Waals surface area contributed by atoms with Crippen LogP contribution in [-0.4, -0.2) is 43.9 Å². The molecule has 1 aromatic carbocycles. The van der Waals surface area contributed by atoms with Gasteiger partial charge in [-0.3, -0.25) is 9.69 Å². The maximum atomic E-state index is 10.7. The van der Waals surface area contributed by atoms with Crippen molar-refractivity contribution in [3.8, 4) is 0 Å². The van der Waals surface area contributed by atoms with E-state index in [4.69, 9.17) is 0 Å². The van der Waals surface area contributed by atoms with Gasteiger partial charge in [-0.05, 0) is 37.2 Å². The number of anilines is 1. The number of benzene rings is 1. The van der Waals surface area contributed by atoms with Crippen molar-refractivity contribution in [2.24, 2.45) is 0 Å². The van der Waals surface area contributed by atoms with Crippen molar-refractivity contribution in [3.63, 3.8) is 0 Å². The molecule has 0 amide bonds. The van der Waals surface area contributed by atoms with Crippen molar-refractivity contribution in [2.75, 3.05) is 37.6 Å². The fourth-order valence-corrected chi connectivity index (χ4v) is 3.11. The number of rotatable bonds is 9. The average molecular weight is 302 g/mol. The first kappa shape index (κ1) is 17.0. The Morgan fingerprint density at radius 1 is 0.909 bits per heavy atom. The number of carbonyl (C=O) groups is 1. The van der Waals surface area contributed by atoms with E-state index >= 15 is 0 Å². The van der Waals surface area contributed by atoms with E-state index in [-0.39, 0.29) is 0 Å². The van der Waals surface area contributed by atoms with Crippen LogP contribution in [-0.2, 0) is 0 Å². The fourth-order valence-electron chi connectivity index (χ4n) is 3.11. The smallest absolute Gasteiger partial charge is 0.150 e. The molecule has 22 heavy (non-hydrogen) atoms. The van der Waals surface area contributed by atoms with E-state index < -0.39 is 0 Å². The van der Waals surface area contributed by atoms with Crippen LogP contribution < -0.4 is 4.90 Å². The summed E-state index contributed by atoms with van der Waals surface area (Å²) in [5.41, 5.74) is 2.00. The van der Waals surface area contributed by atoms with Gasteiger partial charge in [-0.25, -0.2) is 0 Å². The van der Waals surface area contributed by atoms with Crippen molar-refractivity contribution < 1.29 is 4.79 Å². The lowest BCUT2D eigenvalue weighted by Crippen LogP contribution is -2.46. The molecular weight excluding hydrogens is 272 g/mol. The number of nitrogens with zero attached hydrogens (tertiary/aromatic N) is 2. The molecule has 0 atom stereocenters. The van der Waals surface area contributed by atoms with E-state index in [0.29, 0.717) is 0 Å². The molecule has 0 aromatic heterocycles. The zero-order valence-corrected chi connectivity index (χ0v) is 14.0. The molecule has 3 heteroatoms. The van der Waals surface area contributed by atoms with Crippen LogP contribution in [0.25, 0.3) is 0 Å². The second-order valence-corrected chi connectivity index (χ2v) is 6.31. The zero-order chi connectivity index (χ0) is 15.6. The molecule has 1 heterocycles. The van der Waals surface area contributed by atoms with Gasteiger partial charge in [0.05, 0.1) is 0 Å². The number of hydrogen-bond acceptors (Lipinski definition) is 3. The number of carbonyl (C=O) groups excluding carboxylic acids is 1. The quantitative estimate of drug-likeness (QED) is 0.509. The first-order valence-corrected chi connectivity index (χ1v) is 8.86. The topological polar surface area (TPSA) is 23.6 Å². The molecule has 0 spiro atoms. The van der Waals surface area contributed by atoms with Crippen molar-refractivity contribution in [1.82, 2.24) is 4.90 Å². The van der Waals surface area contributed by atoms with Gasteiger partial charge < -0.3 is 4.90 Å². The Balaban J connectivity index is 1.63. The Bertz CT molecular complexity index is 422. The van der Waals surface area contributed by atoms with Gasteiger partial charge in [0, 0.05) is 37.4 Å². The summed E-state index contributed by atoms with van der Waals surface area (Å²) in [6.07, 6.45) is 9.16. The van der Waals surface area contributed by atoms with Gasteiger partial charge >= 0.3 is 0 Å². The molecule has 1 aromatic rings. The molecule has 0 unspecified atom stereocenters. The fraction of sp³-hybridized carbons (Fsp3) is 0.632. The Morgan fingerprint density at radius 2 is 1.55 bits per heavy atom. The summed E-state index contributed by atoms with van der Waals surface area (Å²) >= 11 is 0. The van der Waals surface area contributed by atoms with E-state index in [1.807, 2.05) is 12.1 Å². The van der Waals surface area contributed by atoms with Gasteiger partial charge in [-0.15, -0.1) is 0 Å². The molecule has 0 N–H and O–H groups in total. The maximum absolute atomic E-state index is 10.7. The lowest BCUT2D eigenvalue weighted by Gasteiger charge is -2.36. The van der Waals surface area contributed by atoms with Crippen LogP contribution in [0.2, 0.25) is 0 Å². The van der Waals surface area contributed by atoms with Gasteiger partial charge in [-0.1, -0.05) is 39.0 Å². The number of unbranched alkanes of at least 4 members (excludes halogenated alkanes) is 5. The minimum Gasteiger partial charge on any atom is -0.369 e. The van der Waals surface area contributed by atoms with Gasteiger partial charge in [0.15, 0.2) is 0 Å². The minimum absolute atomic E-state index is 0.755. The summed E-state index contributed by atoms with van der Waals surface area (Å²) in [6.45, 7) is 8.03. The van der Waals surface area contributed by atoms with Crippen LogP contribution in [0.3, 0.4) is 0 Å². The van der Waals surface area contributed by atoms with E-state index in [9.17, 15) is 4.79 Å². The third-order valence-corrected chi connectivity index (χ3v) is 4.59. The van der Waals surface area contributed by atoms with Crippen molar-refractivity contribution >= 4 is 12.0 Å². The monoisotopic (exact) mass is 302 g/mol. The second kappa shape index (κ2) is 9.62. The summed E-state index contributed by atoms with van der Waals surface area (Å²) in [5, 5.41) is 0. The molecule has 0 radical (unpaired) electrons. The maximum Gasteiger partial charge on any atom is 0.150 e. The predicted octanol–water partition coefficient (Wildman–Crippen LogP) is 3.98. The molecule has 3 nitrogen and oxygen atoms in total. The molecular formula is C19H30N2O. The molecule has 0 aliphatic carbocycles. The van der Waals surface area contributed by atoms with Gasteiger partial charge in [-0.2, -0.15) is 0 Å². The number of aldehydes is 1. The molecule has 0 bridgehead atoms. The lowest BCUT2D eigenvalue weighted by molar-refractivity contribution is 0.112. The normalized spacial score (nSPS) is 16.0. The van der Waals surface area contributed by atoms with E-state index in [1.165, 1.54) is 50.8 Å². The molecule has 1 aliphatic heterocycles. The van der Waals surface area contributed by atoms with Crippen LogP contribution in [0.5, 0.6) is 0 Å². The van der Waals surface area contributed by atoms with Crippen molar-refractivity contribution in [2.45, 2.75) is 45.4 Å². The summed E-state index contributed by atoms with van der Waals surface area (Å²) in [5.74, 6) is 0. The molecule has 1 aliphatic rings. The van der Waals surface area contributed by atoms with Gasteiger partial charge in [0.1, 0.15) is 6.29 Å². The van der Waals surface area contributed by atoms with E-state index in [2.05, 4.69) is 28.9 Å².